The summed E-state index contributed by atoms with van der Waals surface area (Å²) in [6, 6.07) is 3.59. The first-order valence-electron chi connectivity index (χ1n) is 6.26. The number of hydrogen-bond donors (Lipinski definition) is 1. The molecule has 2 N–H and O–H groups in total. The van der Waals surface area contributed by atoms with Crippen LogP contribution in [0, 0.1) is 13.8 Å². The minimum absolute atomic E-state index is 0.471. The normalized spacial score (nSPS) is 13.3. The van der Waals surface area contributed by atoms with Gasteiger partial charge < -0.3 is 15.2 Å². The van der Waals surface area contributed by atoms with Crippen LogP contribution < -0.4 is 15.2 Å². The van der Waals surface area contributed by atoms with E-state index in [1.807, 2.05) is 19.9 Å². The van der Waals surface area contributed by atoms with Gasteiger partial charge in [-0.2, -0.15) is 0 Å². The molecular weight excluding hydrogens is 278 g/mol. The number of aromatic nitrogens is 2. The van der Waals surface area contributed by atoms with E-state index in [1.54, 1.807) is 6.07 Å². The predicted octanol–water partition coefficient (Wildman–Crippen LogP) is 2.77. The van der Waals surface area contributed by atoms with Crippen molar-refractivity contribution < 1.29 is 9.47 Å². The molecule has 0 saturated heterocycles. The first-order chi connectivity index (χ1) is 9.56. The van der Waals surface area contributed by atoms with Crippen LogP contribution in [0.5, 0.6) is 11.5 Å². The molecule has 5 nitrogen and oxygen atoms in total. The molecule has 0 amide bonds. The molecule has 6 heteroatoms. The van der Waals surface area contributed by atoms with Crippen molar-refractivity contribution >= 4 is 17.4 Å². The summed E-state index contributed by atoms with van der Waals surface area (Å²) in [7, 11) is 0. The number of rotatable bonds is 1. The van der Waals surface area contributed by atoms with Crippen LogP contribution in [-0.4, -0.2) is 23.2 Å². The molecule has 20 heavy (non-hydrogen) atoms. The Balaban J connectivity index is 2.13. The average Bonchev–Trinajstić information content (AvgIpc) is 2.44. The van der Waals surface area contributed by atoms with E-state index in [4.69, 9.17) is 26.8 Å². The summed E-state index contributed by atoms with van der Waals surface area (Å²) in [4.78, 5) is 8.75. The van der Waals surface area contributed by atoms with E-state index in [9.17, 15) is 0 Å². The molecule has 0 atom stereocenters. The van der Waals surface area contributed by atoms with Gasteiger partial charge in [0.15, 0.2) is 17.3 Å². The molecule has 2 heterocycles. The molecule has 104 valence electrons. The first kappa shape index (κ1) is 13.0. The van der Waals surface area contributed by atoms with Crippen molar-refractivity contribution in [3.05, 3.63) is 28.4 Å². The largest absolute Gasteiger partial charge is 0.486 e. The van der Waals surface area contributed by atoms with Gasteiger partial charge in [0.05, 0.1) is 5.02 Å². The molecule has 1 aromatic carbocycles. The zero-order valence-corrected chi connectivity index (χ0v) is 12.0. The van der Waals surface area contributed by atoms with Gasteiger partial charge >= 0.3 is 0 Å². The molecule has 0 fully saturated rings. The Morgan fingerprint density at radius 2 is 1.90 bits per heavy atom. The third kappa shape index (κ3) is 2.14. The number of nitrogens with two attached hydrogens (primary N) is 1. The van der Waals surface area contributed by atoms with Crippen molar-refractivity contribution in [3.63, 3.8) is 0 Å². The number of ether oxygens (including phenoxy) is 2. The second-order valence-corrected chi connectivity index (χ2v) is 5.03. The molecule has 0 spiro atoms. The number of nitrogens with zero attached hydrogens (tertiary/aromatic N) is 2. The Kier molecular flexibility index (Phi) is 3.14. The van der Waals surface area contributed by atoms with E-state index in [1.165, 1.54) is 0 Å². The highest BCUT2D eigenvalue weighted by atomic mass is 35.5. The van der Waals surface area contributed by atoms with E-state index >= 15 is 0 Å². The summed E-state index contributed by atoms with van der Waals surface area (Å²) in [5, 5.41) is 0.484. The van der Waals surface area contributed by atoms with E-state index < -0.39 is 0 Å². The van der Waals surface area contributed by atoms with Gasteiger partial charge in [-0.15, -0.1) is 0 Å². The number of halogens is 1. The van der Waals surface area contributed by atoms with E-state index in [0.717, 1.165) is 16.8 Å². The summed E-state index contributed by atoms with van der Waals surface area (Å²) < 4.78 is 11.0. The first-order valence-corrected chi connectivity index (χ1v) is 6.64. The minimum Gasteiger partial charge on any atom is -0.486 e. The van der Waals surface area contributed by atoms with E-state index in [-0.39, 0.29) is 0 Å². The maximum Gasteiger partial charge on any atom is 0.179 e. The van der Waals surface area contributed by atoms with E-state index in [0.29, 0.717) is 41.4 Å². The fourth-order valence-corrected chi connectivity index (χ4v) is 2.29. The van der Waals surface area contributed by atoms with Crippen LogP contribution in [0.2, 0.25) is 5.02 Å². The molecule has 0 bridgehead atoms. The monoisotopic (exact) mass is 291 g/mol. The Bertz CT molecular complexity index is 665. The lowest BCUT2D eigenvalue weighted by atomic mass is 10.1. The molecule has 1 aromatic heterocycles. The van der Waals surface area contributed by atoms with Crippen molar-refractivity contribution in [3.8, 4) is 22.9 Å². The lowest BCUT2D eigenvalue weighted by Gasteiger charge is -2.20. The number of benzene rings is 1. The van der Waals surface area contributed by atoms with Crippen LogP contribution in [0.4, 0.5) is 5.82 Å². The zero-order valence-electron chi connectivity index (χ0n) is 11.2. The van der Waals surface area contributed by atoms with Gasteiger partial charge in [0.2, 0.25) is 0 Å². The molecule has 0 radical (unpaired) electrons. The molecule has 1 aliphatic rings. The smallest absolute Gasteiger partial charge is 0.179 e. The van der Waals surface area contributed by atoms with Crippen LogP contribution in [0.3, 0.4) is 0 Å². The van der Waals surface area contributed by atoms with Gasteiger partial charge in [-0.05, 0) is 26.0 Å². The Morgan fingerprint density at radius 1 is 1.15 bits per heavy atom. The molecule has 2 aromatic rings. The maximum atomic E-state index is 6.22. The van der Waals surface area contributed by atoms with Crippen LogP contribution >= 0.6 is 11.6 Å². The van der Waals surface area contributed by atoms with Crippen LogP contribution in [0.15, 0.2) is 12.1 Å². The van der Waals surface area contributed by atoms with Crippen LogP contribution in [0.1, 0.15) is 11.3 Å². The SMILES string of the molecule is Cc1nc(-c2cc(Cl)c3c(c2)OCCO3)nc(N)c1C. The second-order valence-electron chi connectivity index (χ2n) is 4.63. The Hall–Kier alpha value is -2.01. The quantitative estimate of drug-likeness (QED) is 0.875. The van der Waals surface area contributed by atoms with E-state index in [2.05, 4.69) is 9.97 Å². The number of nitrogen functional groups attached to an aromatic ring is 1. The van der Waals surface area contributed by atoms with Crippen molar-refractivity contribution in [2.24, 2.45) is 0 Å². The zero-order chi connectivity index (χ0) is 14.3. The standard InChI is InChI=1S/C14H14ClN3O2/c1-7-8(2)17-14(18-13(7)16)9-5-10(15)12-11(6-9)19-3-4-20-12/h5-6H,3-4H2,1-2H3,(H2,16,17,18). The maximum absolute atomic E-state index is 6.22. The van der Waals surface area contributed by atoms with Gasteiger partial charge in [-0.25, -0.2) is 9.97 Å². The van der Waals surface area contributed by atoms with Crippen LogP contribution in [-0.2, 0) is 0 Å². The molecule has 0 aliphatic carbocycles. The second kappa shape index (κ2) is 4.83. The Labute approximate surface area is 121 Å². The average molecular weight is 292 g/mol. The summed E-state index contributed by atoms with van der Waals surface area (Å²) >= 11 is 6.22. The topological polar surface area (TPSA) is 70.3 Å². The minimum atomic E-state index is 0.471. The Morgan fingerprint density at radius 3 is 2.65 bits per heavy atom. The van der Waals surface area contributed by atoms with Crippen LogP contribution in [0.25, 0.3) is 11.4 Å². The van der Waals surface area contributed by atoms with Gasteiger partial charge in [-0.1, -0.05) is 11.6 Å². The number of hydrogen-bond acceptors (Lipinski definition) is 5. The highest BCUT2D eigenvalue weighted by Gasteiger charge is 2.18. The fourth-order valence-electron chi connectivity index (χ4n) is 2.02. The third-order valence-electron chi connectivity index (χ3n) is 3.28. The number of aryl methyl sites for hydroxylation is 1. The van der Waals surface area contributed by atoms with Crippen molar-refractivity contribution in [1.29, 1.82) is 0 Å². The molecule has 0 unspecified atom stereocenters. The number of anilines is 1. The molecular formula is C14H14ClN3O2. The molecule has 1 aliphatic heterocycles. The molecule has 3 rings (SSSR count). The number of fused-ring (bicyclic) bond motifs is 1. The lowest BCUT2D eigenvalue weighted by molar-refractivity contribution is 0.172. The van der Waals surface area contributed by atoms with Gasteiger partial charge in [0.1, 0.15) is 19.0 Å². The van der Waals surface area contributed by atoms with Crippen molar-refractivity contribution in [2.75, 3.05) is 18.9 Å². The van der Waals surface area contributed by atoms with Gasteiger partial charge in [-0.3, -0.25) is 0 Å². The van der Waals surface area contributed by atoms with Crippen molar-refractivity contribution in [2.45, 2.75) is 13.8 Å². The fraction of sp³-hybridized carbons (Fsp3) is 0.286. The summed E-state index contributed by atoms with van der Waals surface area (Å²) in [5.41, 5.74) is 8.39. The third-order valence-corrected chi connectivity index (χ3v) is 3.56. The lowest BCUT2D eigenvalue weighted by Crippen LogP contribution is -2.15. The summed E-state index contributed by atoms with van der Waals surface area (Å²) in [5.74, 6) is 2.18. The summed E-state index contributed by atoms with van der Waals surface area (Å²) in [6.07, 6.45) is 0. The van der Waals surface area contributed by atoms with Gasteiger partial charge in [0.25, 0.3) is 0 Å². The van der Waals surface area contributed by atoms with Gasteiger partial charge in [0, 0.05) is 16.8 Å². The van der Waals surface area contributed by atoms with Crippen molar-refractivity contribution in [1.82, 2.24) is 9.97 Å². The predicted molar refractivity (Wildman–Crippen MR) is 77.4 cm³/mol. The highest BCUT2D eigenvalue weighted by Crippen LogP contribution is 2.40. The molecule has 0 saturated carbocycles. The highest BCUT2D eigenvalue weighted by molar-refractivity contribution is 6.32. The summed E-state index contributed by atoms with van der Waals surface area (Å²) in [6.45, 7) is 4.80.